The molecule has 1 rings (SSSR count). The SMILES string of the molecule is CCCC1CN=CC=C1C(N)=O. The van der Waals surface area contributed by atoms with Gasteiger partial charge in [0.05, 0.1) is 0 Å². The van der Waals surface area contributed by atoms with Gasteiger partial charge in [-0.1, -0.05) is 13.3 Å². The van der Waals surface area contributed by atoms with Gasteiger partial charge in [-0.3, -0.25) is 9.79 Å². The van der Waals surface area contributed by atoms with Gasteiger partial charge in [0, 0.05) is 24.3 Å². The zero-order chi connectivity index (χ0) is 8.97. The number of rotatable bonds is 3. The molecule has 1 aliphatic rings. The number of carbonyl (C=O) groups is 1. The molecular formula is C9H14N2O. The highest BCUT2D eigenvalue weighted by molar-refractivity contribution is 5.97. The molecule has 0 bridgehead atoms. The quantitative estimate of drug-likeness (QED) is 0.665. The fourth-order valence-electron chi connectivity index (χ4n) is 1.43. The molecule has 0 aromatic heterocycles. The molecule has 0 saturated carbocycles. The minimum absolute atomic E-state index is 0.248. The van der Waals surface area contributed by atoms with E-state index in [-0.39, 0.29) is 11.8 Å². The van der Waals surface area contributed by atoms with Crippen molar-refractivity contribution in [2.45, 2.75) is 19.8 Å². The Hall–Kier alpha value is -1.12. The second-order valence-corrected chi connectivity index (χ2v) is 2.99. The number of hydrogen-bond donors (Lipinski definition) is 1. The lowest BCUT2D eigenvalue weighted by molar-refractivity contribution is -0.115. The second kappa shape index (κ2) is 4.04. The van der Waals surface area contributed by atoms with Gasteiger partial charge in [-0.2, -0.15) is 0 Å². The molecule has 1 aliphatic heterocycles. The summed E-state index contributed by atoms with van der Waals surface area (Å²) in [4.78, 5) is 15.0. The van der Waals surface area contributed by atoms with E-state index >= 15 is 0 Å². The topological polar surface area (TPSA) is 55.4 Å². The summed E-state index contributed by atoms with van der Waals surface area (Å²) >= 11 is 0. The van der Waals surface area contributed by atoms with E-state index in [9.17, 15) is 4.79 Å². The molecule has 66 valence electrons. The van der Waals surface area contributed by atoms with Gasteiger partial charge in [0.15, 0.2) is 0 Å². The largest absolute Gasteiger partial charge is 0.366 e. The van der Waals surface area contributed by atoms with Gasteiger partial charge < -0.3 is 5.73 Å². The van der Waals surface area contributed by atoms with Crippen LogP contribution in [-0.4, -0.2) is 18.7 Å². The molecular weight excluding hydrogens is 152 g/mol. The molecule has 1 unspecified atom stereocenters. The summed E-state index contributed by atoms with van der Waals surface area (Å²) in [6.07, 6.45) is 5.44. The Kier molecular flexibility index (Phi) is 3.02. The fraction of sp³-hybridized carbons (Fsp3) is 0.556. The first-order valence-electron chi connectivity index (χ1n) is 4.25. The fourth-order valence-corrected chi connectivity index (χ4v) is 1.43. The first kappa shape index (κ1) is 8.97. The average Bonchev–Trinajstić information content (AvgIpc) is 2.05. The van der Waals surface area contributed by atoms with Gasteiger partial charge in [-0.25, -0.2) is 0 Å². The molecule has 0 aromatic rings. The van der Waals surface area contributed by atoms with E-state index in [4.69, 9.17) is 5.73 Å². The Morgan fingerprint density at radius 1 is 1.83 bits per heavy atom. The Morgan fingerprint density at radius 2 is 2.58 bits per heavy atom. The first-order chi connectivity index (χ1) is 5.75. The molecule has 3 nitrogen and oxygen atoms in total. The number of hydrogen-bond acceptors (Lipinski definition) is 2. The van der Waals surface area contributed by atoms with Gasteiger partial charge in [0.1, 0.15) is 0 Å². The van der Waals surface area contributed by atoms with E-state index in [1.165, 1.54) is 0 Å². The maximum Gasteiger partial charge on any atom is 0.245 e. The van der Waals surface area contributed by atoms with Crippen LogP contribution in [0.15, 0.2) is 16.6 Å². The van der Waals surface area contributed by atoms with Crippen molar-refractivity contribution >= 4 is 12.1 Å². The second-order valence-electron chi connectivity index (χ2n) is 2.99. The zero-order valence-electron chi connectivity index (χ0n) is 7.29. The number of allylic oxidation sites excluding steroid dienone is 1. The van der Waals surface area contributed by atoms with Crippen LogP contribution in [0.25, 0.3) is 0 Å². The van der Waals surface area contributed by atoms with Crippen LogP contribution in [0.2, 0.25) is 0 Å². The van der Waals surface area contributed by atoms with Crippen LogP contribution in [0, 0.1) is 5.92 Å². The maximum absolute atomic E-state index is 10.9. The van der Waals surface area contributed by atoms with E-state index in [1.54, 1.807) is 12.3 Å². The molecule has 0 aliphatic carbocycles. The van der Waals surface area contributed by atoms with Crippen molar-refractivity contribution in [2.24, 2.45) is 16.6 Å². The molecule has 1 amide bonds. The molecule has 1 atom stereocenters. The normalized spacial score (nSPS) is 22.1. The van der Waals surface area contributed by atoms with Crippen molar-refractivity contribution in [3.05, 3.63) is 11.6 Å². The third kappa shape index (κ3) is 1.94. The summed E-state index contributed by atoms with van der Waals surface area (Å²) in [5, 5.41) is 0. The summed E-state index contributed by atoms with van der Waals surface area (Å²) < 4.78 is 0. The Bertz CT molecular complexity index is 231. The van der Waals surface area contributed by atoms with Crippen molar-refractivity contribution in [3.8, 4) is 0 Å². The molecule has 0 aromatic carbocycles. The van der Waals surface area contributed by atoms with E-state index in [0.29, 0.717) is 6.54 Å². The first-order valence-corrected chi connectivity index (χ1v) is 4.25. The highest BCUT2D eigenvalue weighted by Crippen LogP contribution is 2.19. The van der Waals surface area contributed by atoms with Gasteiger partial charge in [0.2, 0.25) is 5.91 Å². The highest BCUT2D eigenvalue weighted by atomic mass is 16.1. The van der Waals surface area contributed by atoms with Crippen LogP contribution in [0.5, 0.6) is 0 Å². The lowest BCUT2D eigenvalue weighted by Gasteiger charge is -2.17. The third-order valence-corrected chi connectivity index (χ3v) is 2.05. The summed E-state index contributed by atoms with van der Waals surface area (Å²) in [6.45, 7) is 2.81. The monoisotopic (exact) mass is 166 g/mol. The zero-order valence-corrected chi connectivity index (χ0v) is 7.29. The minimum atomic E-state index is -0.306. The third-order valence-electron chi connectivity index (χ3n) is 2.05. The summed E-state index contributed by atoms with van der Waals surface area (Å²) in [5.74, 6) is -0.0582. The van der Waals surface area contributed by atoms with Crippen LogP contribution < -0.4 is 5.73 Å². The smallest absolute Gasteiger partial charge is 0.245 e. The molecule has 2 N–H and O–H groups in total. The molecule has 3 heteroatoms. The lowest BCUT2D eigenvalue weighted by atomic mass is 9.92. The van der Waals surface area contributed by atoms with Crippen molar-refractivity contribution in [3.63, 3.8) is 0 Å². The minimum Gasteiger partial charge on any atom is -0.366 e. The number of primary amides is 1. The van der Waals surface area contributed by atoms with Gasteiger partial charge in [0.25, 0.3) is 0 Å². The van der Waals surface area contributed by atoms with Crippen molar-refractivity contribution in [1.82, 2.24) is 0 Å². The number of aliphatic imine (C=N–C) groups is 1. The Morgan fingerprint density at radius 3 is 3.17 bits per heavy atom. The van der Waals surface area contributed by atoms with E-state index in [0.717, 1.165) is 18.4 Å². The number of nitrogens with two attached hydrogens (primary N) is 1. The molecule has 0 fully saturated rings. The predicted octanol–water partition coefficient (Wildman–Crippen LogP) is 0.899. The van der Waals surface area contributed by atoms with Crippen molar-refractivity contribution in [1.29, 1.82) is 0 Å². The number of amides is 1. The van der Waals surface area contributed by atoms with Gasteiger partial charge >= 0.3 is 0 Å². The summed E-state index contributed by atoms with van der Waals surface area (Å²) in [5.41, 5.74) is 5.95. The maximum atomic E-state index is 10.9. The molecule has 1 heterocycles. The lowest BCUT2D eigenvalue weighted by Crippen LogP contribution is -2.24. The molecule has 0 saturated heterocycles. The summed E-state index contributed by atoms with van der Waals surface area (Å²) in [7, 11) is 0. The molecule has 0 spiro atoms. The standard InChI is InChI=1S/C9H14N2O/c1-2-3-7-6-11-5-4-8(7)9(10)12/h4-5,7H,2-3,6H2,1H3,(H2,10,12). The van der Waals surface area contributed by atoms with Crippen LogP contribution in [0.3, 0.4) is 0 Å². The Balaban J connectivity index is 2.69. The summed E-state index contributed by atoms with van der Waals surface area (Å²) in [6, 6.07) is 0. The molecule has 12 heavy (non-hydrogen) atoms. The van der Waals surface area contributed by atoms with E-state index in [2.05, 4.69) is 11.9 Å². The van der Waals surface area contributed by atoms with Gasteiger partial charge in [-0.15, -0.1) is 0 Å². The van der Waals surface area contributed by atoms with Crippen molar-refractivity contribution < 1.29 is 4.79 Å². The number of carbonyl (C=O) groups excluding carboxylic acids is 1. The van der Waals surface area contributed by atoms with Gasteiger partial charge in [-0.05, 0) is 12.5 Å². The molecule has 0 radical (unpaired) electrons. The van der Waals surface area contributed by atoms with Crippen LogP contribution >= 0.6 is 0 Å². The van der Waals surface area contributed by atoms with Crippen LogP contribution in [-0.2, 0) is 4.79 Å². The Labute approximate surface area is 72.4 Å². The average molecular weight is 166 g/mol. The van der Waals surface area contributed by atoms with E-state index in [1.807, 2.05) is 0 Å². The highest BCUT2D eigenvalue weighted by Gasteiger charge is 2.18. The number of dihydropyridines is 1. The van der Waals surface area contributed by atoms with Crippen LogP contribution in [0.4, 0.5) is 0 Å². The van der Waals surface area contributed by atoms with E-state index < -0.39 is 0 Å². The predicted molar refractivity (Wildman–Crippen MR) is 49.0 cm³/mol. The van der Waals surface area contributed by atoms with Crippen LogP contribution in [0.1, 0.15) is 19.8 Å². The van der Waals surface area contributed by atoms with Crippen molar-refractivity contribution in [2.75, 3.05) is 6.54 Å². The number of nitrogens with zero attached hydrogens (tertiary/aromatic N) is 1.